The van der Waals surface area contributed by atoms with Crippen LogP contribution in [0.25, 0.3) is 0 Å². The molecule has 0 fully saturated rings. The van der Waals surface area contributed by atoms with Crippen LogP contribution in [-0.4, -0.2) is 28.7 Å². The van der Waals surface area contributed by atoms with E-state index in [1.807, 2.05) is 13.8 Å². The summed E-state index contributed by atoms with van der Waals surface area (Å²) in [6, 6.07) is 0. The molecule has 0 aromatic rings. The average Bonchev–Trinajstić information content (AvgIpc) is 1.87. The maximum atomic E-state index is 11.5. The SMILES string of the molecule is CCC(C)([O-])CCCC(C)C.[Br-].[Mg+2]. The van der Waals surface area contributed by atoms with Gasteiger partial charge >= 0.3 is 23.1 Å². The molecule has 0 N–H and O–H groups in total. The van der Waals surface area contributed by atoms with Gasteiger partial charge in [0.25, 0.3) is 0 Å². The van der Waals surface area contributed by atoms with Gasteiger partial charge in [0.05, 0.1) is 0 Å². The van der Waals surface area contributed by atoms with E-state index in [0.717, 1.165) is 25.2 Å². The minimum absolute atomic E-state index is 0. The van der Waals surface area contributed by atoms with Crippen LogP contribution in [0, 0.1) is 5.92 Å². The summed E-state index contributed by atoms with van der Waals surface area (Å²) in [5.74, 6) is 0.739. The monoisotopic (exact) mass is 260 g/mol. The summed E-state index contributed by atoms with van der Waals surface area (Å²) in [6.07, 6.45) is 3.87. The Labute approximate surface area is 110 Å². The van der Waals surface area contributed by atoms with E-state index in [4.69, 9.17) is 0 Å². The van der Waals surface area contributed by atoms with Crippen molar-refractivity contribution >= 4 is 23.1 Å². The molecule has 0 aromatic heterocycles. The van der Waals surface area contributed by atoms with E-state index in [9.17, 15) is 5.11 Å². The minimum atomic E-state index is -0.672. The van der Waals surface area contributed by atoms with Crippen LogP contribution < -0.4 is 22.1 Å². The molecule has 0 aliphatic carbocycles. The van der Waals surface area contributed by atoms with E-state index in [1.54, 1.807) is 0 Å². The second kappa shape index (κ2) is 9.75. The predicted molar refractivity (Wildman–Crippen MR) is 53.1 cm³/mol. The van der Waals surface area contributed by atoms with E-state index < -0.39 is 5.60 Å². The second-order valence-corrected chi connectivity index (χ2v) is 4.09. The number of hydrogen-bond donors (Lipinski definition) is 0. The first-order valence-electron chi connectivity index (χ1n) is 4.68. The first-order chi connectivity index (χ1) is 4.98. The zero-order chi connectivity index (χ0) is 8.91. The van der Waals surface area contributed by atoms with E-state index in [-0.39, 0.29) is 40.0 Å². The van der Waals surface area contributed by atoms with Gasteiger partial charge in [-0.2, -0.15) is 0 Å². The van der Waals surface area contributed by atoms with Crippen molar-refractivity contribution in [3.05, 3.63) is 0 Å². The van der Waals surface area contributed by atoms with Gasteiger partial charge < -0.3 is 22.1 Å². The summed E-state index contributed by atoms with van der Waals surface area (Å²) < 4.78 is 0. The molecule has 0 amide bonds. The van der Waals surface area contributed by atoms with Crippen LogP contribution in [0.3, 0.4) is 0 Å². The van der Waals surface area contributed by atoms with Gasteiger partial charge in [0.15, 0.2) is 0 Å². The second-order valence-electron chi connectivity index (χ2n) is 4.09. The van der Waals surface area contributed by atoms with Gasteiger partial charge in [-0.15, -0.1) is 5.60 Å². The van der Waals surface area contributed by atoms with Crippen molar-refractivity contribution in [2.75, 3.05) is 0 Å². The molecule has 0 aromatic carbocycles. The van der Waals surface area contributed by atoms with E-state index in [1.165, 1.54) is 6.42 Å². The number of halogens is 1. The molecule has 1 nitrogen and oxygen atoms in total. The zero-order valence-electron chi connectivity index (χ0n) is 9.40. The van der Waals surface area contributed by atoms with Crippen molar-refractivity contribution in [1.29, 1.82) is 0 Å². The van der Waals surface area contributed by atoms with Gasteiger partial charge in [-0.25, -0.2) is 0 Å². The maximum absolute atomic E-state index is 11.5. The Morgan fingerprint density at radius 2 is 1.77 bits per heavy atom. The Bertz CT molecular complexity index is 105. The fourth-order valence-corrected chi connectivity index (χ4v) is 1.06. The van der Waals surface area contributed by atoms with Crippen LogP contribution in [0.4, 0.5) is 0 Å². The topological polar surface area (TPSA) is 23.1 Å². The summed E-state index contributed by atoms with van der Waals surface area (Å²) >= 11 is 0. The molecule has 13 heavy (non-hydrogen) atoms. The summed E-state index contributed by atoms with van der Waals surface area (Å²) in [7, 11) is 0. The fraction of sp³-hybridized carbons (Fsp3) is 1.00. The molecule has 0 aliphatic heterocycles. The van der Waals surface area contributed by atoms with Crippen LogP contribution in [0.2, 0.25) is 0 Å². The molecule has 76 valence electrons. The molecule has 0 spiro atoms. The summed E-state index contributed by atoms with van der Waals surface area (Å²) in [6.45, 7) is 8.19. The third-order valence-corrected chi connectivity index (χ3v) is 2.23. The van der Waals surface area contributed by atoms with Crippen LogP contribution in [0.5, 0.6) is 0 Å². The Hall–Kier alpha value is 1.21. The van der Waals surface area contributed by atoms with E-state index in [2.05, 4.69) is 13.8 Å². The summed E-state index contributed by atoms with van der Waals surface area (Å²) in [4.78, 5) is 0. The van der Waals surface area contributed by atoms with Crippen LogP contribution in [0.1, 0.15) is 53.4 Å². The zero-order valence-corrected chi connectivity index (χ0v) is 12.4. The van der Waals surface area contributed by atoms with Gasteiger partial charge in [0, 0.05) is 0 Å². The normalized spacial score (nSPS) is 14.3. The fourth-order valence-electron chi connectivity index (χ4n) is 1.06. The maximum Gasteiger partial charge on any atom is 2.00 e. The molecule has 0 aliphatic rings. The van der Waals surface area contributed by atoms with Crippen LogP contribution in [0.15, 0.2) is 0 Å². The van der Waals surface area contributed by atoms with Crippen LogP contribution >= 0.6 is 0 Å². The van der Waals surface area contributed by atoms with Crippen LogP contribution in [-0.2, 0) is 0 Å². The van der Waals surface area contributed by atoms with Crippen molar-refractivity contribution in [2.45, 2.75) is 59.0 Å². The summed E-state index contributed by atoms with van der Waals surface area (Å²) in [5.41, 5.74) is -0.672. The van der Waals surface area contributed by atoms with Gasteiger partial charge in [-0.1, -0.05) is 53.4 Å². The molecule has 0 radical (unpaired) electrons. The molecule has 0 bridgehead atoms. The molecule has 0 saturated heterocycles. The molecular formula is C10H21BrMgO. The van der Waals surface area contributed by atoms with Gasteiger partial charge in [-0.3, -0.25) is 0 Å². The van der Waals surface area contributed by atoms with Crippen molar-refractivity contribution in [1.82, 2.24) is 0 Å². The molecule has 1 unspecified atom stereocenters. The first kappa shape index (κ1) is 19.7. The average molecular weight is 261 g/mol. The van der Waals surface area contributed by atoms with Gasteiger partial charge in [-0.05, 0) is 5.92 Å². The standard InChI is InChI=1S/C10H21O.BrH.Mg/c1-5-10(4,11)8-6-7-9(2)3;;/h9H,5-8H2,1-4H3;1H;/q-1;;+2/p-1. The third kappa shape index (κ3) is 13.2. The Morgan fingerprint density at radius 3 is 2.08 bits per heavy atom. The number of rotatable bonds is 5. The summed E-state index contributed by atoms with van der Waals surface area (Å²) in [5, 5.41) is 11.5. The largest absolute Gasteiger partial charge is 2.00 e. The smallest absolute Gasteiger partial charge is 1.00 e. The predicted octanol–water partition coefficient (Wildman–Crippen LogP) is -1.04. The first-order valence-corrected chi connectivity index (χ1v) is 4.68. The molecule has 3 heteroatoms. The Morgan fingerprint density at radius 1 is 1.31 bits per heavy atom. The molecule has 1 atom stereocenters. The molecule has 0 heterocycles. The van der Waals surface area contributed by atoms with Gasteiger partial charge in [0.2, 0.25) is 0 Å². The van der Waals surface area contributed by atoms with E-state index >= 15 is 0 Å². The molecular weight excluding hydrogens is 240 g/mol. The van der Waals surface area contributed by atoms with Gasteiger partial charge in [0.1, 0.15) is 0 Å². The molecule has 0 rings (SSSR count). The van der Waals surface area contributed by atoms with Crippen molar-refractivity contribution in [2.24, 2.45) is 5.92 Å². The molecule has 0 saturated carbocycles. The van der Waals surface area contributed by atoms with Crippen molar-refractivity contribution in [3.63, 3.8) is 0 Å². The van der Waals surface area contributed by atoms with Crippen molar-refractivity contribution in [3.8, 4) is 0 Å². The van der Waals surface area contributed by atoms with Crippen molar-refractivity contribution < 1.29 is 22.1 Å². The number of hydrogen-bond acceptors (Lipinski definition) is 1. The van der Waals surface area contributed by atoms with E-state index in [0.29, 0.717) is 0 Å². The minimum Gasteiger partial charge on any atom is -1.00 e. The Balaban J connectivity index is -0.000000500. The quantitative estimate of drug-likeness (QED) is 0.580. The Kier molecular flexibility index (Phi) is 14.8. The third-order valence-electron chi connectivity index (χ3n) is 2.23.